The number of carboxylic acid groups (broad SMARTS) is 1. The lowest BCUT2D eigenvalue weighted by molar-refractivity contribution is 0.0698. The number of anilines is 1. The van der Waals surface area contributed by atoms with Crippen molar-refractivity contribution < 1.29 is 24.2 Å². The first-order valence-corrected chi connectivity index (χ1v) is 6.76. The lowest BCUT2D eigenvalue weighted by Gasteiger charge is -2.28. The SMILES string of the molecule is O=C(Nc1cc(F)ccc1C(=O)O)NC1CCCCC1O. The van der Waals surface area contributed by atoms with Gasteiger partial charge in [-0.15, -0.1) is 0 Å². The Bertz CT molecular complexity index is 550. The third-order valence-corrected chi connectivity index (χ3v) is 3.51. The molecule has 0 saturated heterocycles. The molecule has 6 nitrogen and oxygen atoms in total. The van der Waals surface area contributed by atoms with E-state index in [4.69, 9.17) is 5.11 Å². The topological polar surface area (TPSA) is 98.7 Å². The summed E-state index contributed by atoms with van der Waals surface area (Å²) in [5, 5.41) is 23.7. The average Bonchev–Trinajstić information content (AvgIpc) is 2.41. The fraction of sp³-hybridized carbons (Fsp3) is 0.429. The Labute approximate surface area is 121 Å². The molecular weight excluding hydrogens is 279 g/mol. The van der Waals surface area contributed by atoms with Crippen LogP contribution < -0.4 is 10.6 Å². The van der Waals surface area contributed by atoms with E-state index >= 15 is 0 Å². The summed E-state index contributed by atoms with van der Waals surface area (Å²) >= 11 is 0. The fourth-order valence-corrected chi connectivity index (χ4v) is 2.41. The lowest BCUT2D eigenvalue weighted by atomic mass is 9.93. The Morgan fingerprint density at radius 1 is 1.24 bits per heavy atom. The van der Waals surface area contributed by atoms with Crippen LogP contribution in [0.3, 0.4) is 0 Å². The Morgan fingerprint density at radius 2 is 1.95 bits per heavy atom. The van der Waals surface area contributed by atoms with Crippen molar-refractivity contribution in [3.63, 3.8) is 0 Å². The molecule has 0 bridgehead atoms. The number of carbonyl (C=O) groups excluding carboxylic acids is 1. The van der Waals surface area contributed by atoms with Crippen molar-refractivity contribution in [3.8, 4) is 0 Å². The second-order valence-electron chi connectivity index (χ2n) is 5.05. The summed E-state index contributed by atoms with van der Waals surface area (Å²) < 4.78 is 13.2. The Morgan fingerprint density at radius 3 is 2.62 bits per heavy atom. The van der Waals surface area contributed by atoms with E-state index in [0.717, 1.165) is 31.0 Å². The summed E-state index contributed by atoms with van der Waals surface area (Å²) in [7, 11) is 0. The fourth-order valence-electron chi connectivity index (χ4n) is 2.41. The van der Waals surface area contributed by atoms with E-state index in [-0.39, 0.29) is 17.3 Å². The first-order valence-electron chi connectivity index (χ1n) is 6.76. The molecule has 2 atom stereocenters. The van der Waals surface area contributed by atoms with E-state index in [1.165, 1.54) is 0 Å². The molecule has 0 aliphatic heterocycles. The van der Waals surface area contributed by atoms with Gasteiger partial charge in [0.25, 0.3) is 0 Å². The van der Waals surface area contributed by atoms with Crippen LogP contribution in [0.2, 0.25) is 0 Å². The molecule has 2 amide bonds. The first kappa shape index (κ1) is 15.2. The van der Waals surface area contributed by atoms with E-state index in [0.29, 0.717) is 12.8 Å². The van der Waals surface area contributed by atoms with E-state index in [9.17, 15) is 19.1 Å². The third-order valence-electron chi connectivity index (χ3n) is 3.51. The van der Waals surface area contributed by atoms with Crippen LogP contribution in [-0.2, 0) is 0 Å². The van der Waals surface area contributed by atoms with Gasteiger partial charge in [-0.25, -0.2) is 14.0 Å². The number of carbonyl (C=O) groups is 2. The van der Waals surface area contributed by atoms with Crippen molar-refractivity contribution in [2.45, 2.75) is 37.8 Å². The number of aliphatic hydroxyl groups is 1. The lowest BCUT2D eigenvalue weighted by Crippen LogP contribution is -2.46. The second kappa shape index (κ2) is 6.53. The molecule has 1 fully saturated rings. The highest BCUT2D eigenvalue weighted by Gasteiger charge is 2.25. The predicted molar refractivity (Wildman–Crippen MR) is 73.8 cm³/mol. The van der Waals surface area contributed by atoms with Gasteiger partial charge in [-0.3, -0.25) is 0 Å². The average molecular weight is 296 g/mol. The number of urea groups is 1. The van der Waals surface area contributed by atoms with E-state index < -0.39 is 23.9 Å². The molecule has 0 spiro atoms. The molecule has 21 heavy (non-hydrogen) atoms. The van der Waals surface area contributed by atoms with Gasteiger partial charge in [0.2, 0.25) is 0 Å². The molecule has 1 saturated carbocycles. The molecule has 4 N–H and O–H groups in total. The molecular formula is C14H17FN2O4. The normalized spacial score (nSPS) is 21.6. The van der Waals surface area contributed by atoms with Gasteiger partial charge in [0, 0.05) is 0 Å². The summed E-state index contributed by atoms with van der Waals surface area (Å²) in [5.74, 6) is -1.91. The number of halogens is 1. The Balaban J connectivity index is 2.05. The molecule has 0 radical (unpaired) electrons. The van der Waals surface area contributed by atoms with Crippen molar-refractivity contribution in [1.29, 1.82) is 0 Å². The summed E-state index contributed by atoms with van der Waals surface area (Å²) in [4.78, 5) is 22.9. The van der Waals surface area contributed by atoms with Gasteiger partial charge >= 0.3 is 12.0 Å². The number of carboxylic acids is 1. The highest BCUT2D eigenvalue weighted by Crippen LogP contribution is 2.20. The monoisotopic (exact) mass is 296 g/mol. The van der Waals surface area contributed by atoms with E-state index in [1.807, 2.05) is 0 Å². The molecule has 0 aromatic heterocycles. The van der Waals surface area contributed by atoms with Crippen LogP contribution in [0.15, 0.2) is 18.2 Å². The van der Waals surface area contributed by atoms with Crippen LogP contribution in [0, 0.1) is 5.82 Å². The minimum atomic E-state index is -1.26. The first-order chi connectivity index (χ1) is 9.97. The van der Waals surface area contributed by atoms with Gasteiger partial charge in [-0.1, -0.05) is 12.8 Å². The van der Waals surface area contributed by atoms with E-state index in [1.54, 1.807) is 0 Å². The molecule has 2 unspecified atom stereocenters. The number of hydrogen-bond acceptors (Lipinski definition) is 3. The predicted octanol–water partition coefficient (Wildman–Crippen LogP) is 1.95. The second-order valence-corrected chi connectivity index (χ2v) is 5.05. The Kier molecular flexibility index (Phi) is 4.74. The highest BCUT2D eigenvalue weighted by molar-refractivity contribution is 6.00. The summed E-state index contributed by atoms with van der Waals surface area (Å²) in [6, 6.07) is 2.01. The molecule has 7 heteroatoms. The van der Waals surface area contributed by atoms with Gasteiger partial charge in [0.1, 0.15) is 5.82 Å². The van der Waals surface area contributed by atoms with Crippen molar-refractivity contribution in [3.05, 3.63) is 29.6 Å². The molecule has 0 heterocycles. The molecule has 1 aliphatic carbocycles. The van der Waals surface area contributed by atoms with Crippen molar-refractivity contribution in [2.24, 2.45) is 0 Å². The molecule has 1 aliphatic rings. The summed E-state index contributed by atoms with van der Waals surface area (Å²) in [6.45, 7) is 0. The van der Waals surface area contributed by atoms with Crippen LogP contribution >= 0.6 is 0 Å². The van der Waals surface area contributed by atoms with Gasteiger partial charge < -0.3 is 20.8 Å². The van der Waals surface area contributed by atoms with Gasteiger partial charge in [0.15, 0.2) is 0 Å². The van der Waals surface area contributed by atoms with Gasteiger partial charge in [0.05, 0.1) is 23.4 Å². The number of benzene rings is 1. The minimum Gasteiger partial charge on any atom is -0.478 e. The van der Waals surface area contributed by atoms with E-state index in [2.05, 4.69) is 10.6 Å². The zero-order valence-corrected chi connectivity index (χ0v) is 11.3. The standard InChI is InChI=1S/C14H17FN2O4/c15-8-5-6-9(13(19)20)11(7-8)17-14(21)16-10-3-1-2-4-12(10)18/h5-7,10,12,18H,1-4H2,(H,19,20)(H2,16,17,21). The maximum absolute atomic E-state index is 13.2. The number of nitrogens with one attached hydrogen (secondary N) is 2. The van der Waals surface area contributed by atoms with Gasteiger partial charge in [-0.2, -0.15) is 0 Å². The molecule has 1 aromatic rings. The molecule has 1 aromatic carbocycles. The van der Waals surface area contributed by atoms with Gasteiger partial charge in [-0.05, 0) is 31.0 Å². The number of rotatable bonds is 3. The van der Waals surface area contributed by atoms with Crippen LogP contribution in [0.4, 0.5) is 14.9 Å². The zero-order valence-electron chi connectivity index (χ0n) is 11.3. The number of aromatic carboxylic acids is 1. The van der Waals surface area contributed by atoms with Crippen molar-refractivity contribution in [1.82, 2.24) is 5.32 Å². The Hall–Kier alpha value is -2.15. The minimum absolute atomic E-state index is 0.120. The zero-order chi connectivity index (χ0) is 15.4. The summed E-state index contributed by atoms with van der Waals surface area (Å²) in [5.41, 5.74) is -0.318. The highest BCUT2D eigenvalue weighted by atomic mass is 19.1. The maximum atomic E-state index is 13.2. The third kappa shape index (κ3) is 3.91. The van der Waals surface area contributed by atoms with Crippen molar-refractivity contribution >= 4 is 17.7 Å². The van der Waals surface area contributed by atoms with Crippen molar-refractivity contribution in [2.75, 3.05) is 5.32 Å². The smallest absolute Gasteiger partial charge is 0.337 e. The van der Waals surface area contributed by atoms with Crippen LogP contribution in [0.1, 0.15) is 36.0 Å². The van der Waals surface area contributed by atoms with Crippen LogP contribution in [0.25, 0.3) is 0 Å². The van der Waals surface area contributed by atoms with Crippen LogP contribution in [-0.4, -0.2) is 34.4 Å². The molecule has 2 rings (SSSR count). The number of hydrogen-bond donors (Lipinski definition) is 4. The quantitative estimate of drug-likeness (QED) is 0.685. The summed E-state index contributed by atoms with van der Waals surface area (Å²) in [6.07, 6.45) is 2.47. The molecule has 114 valence electrons. The largest absolute Gasteiger partial charge is 0.478 e. The number of aliphatic hydroxyl groups excluding tert-OH is 1. The maximum Gasteiger partial charge on any atom is 0.337 e. The van der Waals surface area contributed by atoms with Crippen LogP contribution in [0.5, 0.6) is 0 Å². The number of amides is 2.